The van der Waals surface area contributed by atoms with Gasteiger partial charge < -0.3 is 11.1 Å². The van der Waals surface area contributed by atoms with Crippen LogP contribution in [0.2, 0.25) is 0 Å². The maximum Gasteiger partial charge on any atom is 0.0818 e. The van der Waals surface area contributed by atoms with Crippen molar-refractivity contribution in [3.8, 4) is 0 Å². The summed E-state index contributed by atoms with van der Waals surface area (Å²) in [7, 11) is 0. The Morgan fingerprint density at radius 1 is 1.03 bits per heavy atom. The Morgan fingerprint density at radius 3 is 2.27 bits per heavy atom. The van der Waals surface area contributed by atoms with Gasteiger partial charge in [-0.15, -0.1) is 0 Å². The largest absolute Gasteiger partial charge is 0.376 e. The fourth-order valence-electron chi connectivity index (χ4n) is 8.34. The molecule has 1 aromatic rings. The Balaban J connectivity index is 1.45. The molecule has 3 heteroatoms. The molecule has 5 saturated carbocycles. The molecule has 164 valence electrons. The molecule has 2 unspecified atom stereocenters. The molecule has 5 fully saturated rings. The van der Waals surface area contributed by atoms with Gasteiger partial charge in [-0.1, -0.05) is 62.8 Å². The molecule has 30 heavy (non-hydrogen) atoms. The molecule has 0 heterocycles. The minimum atomic E-state index is 0.212. The summed E-state index contributed by atoms with van der Waals surface area (Å²) >= 11 is 6.25. The molecule has 4 bridgehead atoms. The first-order valence-corrected chi connectivity index (χ1v) is 12.9. The summed E-state index contributed by atoms with van der Waals surface area (Å²) in [5.41, 5.74) is 8.78. The van der Waals surface area contributed by atoms with Crippen LogP contribution in [0.4, 0.5) is 0 Å². The van der Waals surface area contributed by atoms with E-state index in [1.165, 1.54) is 62.8 Å². The summed E-state index contributed by atoms with van der Waals surface area (Å²) in [6.07, 6.45) is 13.9. The van der Waals surface area contributed by atoms with E-state index in [1.54, 1.807) is 5.56 Å². The molecule has 1 aromatic carbocycles. The molecular formula is C27H40N2S. The zero-order valence-corrected chi connectivity index (χ0v) is 19.8. The van der Waals surface area contributed by atoms with E-state index in [2.05, 4.69) is 49.5 Å². The van der Waals surface area contributed by atoms with Crippen LogP contribution in [0.5, 0.6) is 0 Å². The van der Waals surface area contributed by atoms with Crippen LogP contribution in [-0.2, 0) is 5.41 Å². The number of hydrogen-bond acceptors (Lipinski definition) is 2. The van der Waals surface area contributed by atoms with Crippen LogP contribution in [0.3, 0.4) is 0 Å². The number of nitrogens with two attached hydrogens (primary N) is 1. The molecule has 6 rings (SSSR count). The normalized spacial score (nSPS) is 44.8. The van der Waals surface area contributed by atoms with Crippen LogP contribution < -0.4 is 11.1 Å². The summed E-state index contributed by atoms with van der Waals surface area (Å²) < 4.78 is 0. The van der Waals surface area contributed by atoms with E-state index in [0.717, 1.165) is 24.7 Å². The lowest BCUT2D eigenvalue weighted by atomic mass is 9.36. The van der Waals surface area contributed by atoms with Crippen molar-refractivity contribution in [1.29, 1.82) is 0 Å². The van der Waals surface area contributed by atoms with Gasteiger partial charge in [0.15, 0.2) is 0 Å². The van der Waals surface area contributed by atoms with E-state index in [4.69, 9.17) is 18.0 Å². The summed E-state index contributed by atoms with van der Waals surface area (Å²) in [6.45, 7) is 4.99. The Morgan fingerprint density at radius 2 is 1.67 bits per heavy atom. The summed E-state index contributed by atoms with van der Waals surface area (Å²) in [5, 5.41) is 3.90. The molecule has 5 aliphatic rings. The van der Waals surface area contributed by atoms with Gasteiger partial charge in [0.05, 0.1) is 4.99 Å². The highest BCUT2D eigenvalue weighted by molar-refractivity contribution is 7.80. The van der Waals surface area contributed by atoms with Crippen LogP contribution in [-0.4, -0.2) is 17.1 Å². The van der Waals surface area contributed by atoms with E-state index in [9.17, 15) is 0 Å². The second-order valence-corrected chi connectivity index (χ2v) is 12.1. The van der Waals surface area contributed by atoms with Gasteiger partial charge in [-0.25, -0.2) is 0 Å². The van der Waals surface area contributed by atoms with Crippen molar-refractivity contribution in [3.63, 3.8) is 0 Å². The number of benzene rings is 1. The van der Waals surface area contributed by atoms with Crippen molar-refractivity contribution >= 4 is 17.2 Å². The van der Waals surface area contributed by atoms with Crippen LogP contribution >= 0.6 is 12.2 Å². The van der Waals surface area contributed by atoms with Crippen LogP contribution in [0.25, 0.3) is 0 Å². The smallest absolute Gasteiger partial charge is 0.0818 e. The van der Waals surface area contributed by atoms with Gasteiger partial charge in [-0.3, -0.25) is 0 Å². The van der Waals surface area contributed by atoms with Gasteiger partial charge in [0, 0.05) is 17.5 Å². The van der Waals surface area contributed by atoms with Gasteiger partial charge in [0.2, 0.25) is 0 Å². The van der Waals surface area contributed by atoms with Crippen molar-refractivity contribution in [3.05, 3.63) is 35.9 Å². The third kappa shape index (κ3) is 3.26. The third-order valence-electron chi connectivity index (χ3n) is 9.85. The minimum Gasteiger partial charge on any atom is -0.376 e. The van der Waals surface area contributed by atoms with Crippen molar-refractivity contribution in [2.75, 3.05) is 0 Å². The van der Waals surface area contributed by atoms with E-state index >= 15 is 0 Å². The van der Waals surface area contributed by atoms with E-state index in [0.29, 0.717) is 22.9 Å². The maximum atomic E-state index is 6.25. The Labute approximate surface area is 188 Å². The molecule has 3 N–H and O–H groups in total. The Kier molecular flexibility index (Phi) is 5.30. The highest BCUT2D eigenvalue weighted by atomic mass is 32.1. The molecule has 0 aliphatic heterocycles. The van der Waals surface area contributed by atoms with Crippen molar-refractivity contribution < 1.29 is 0 Å². The monoisotopic (exact) mass is 424 g/mol. The standard InChI is InChI=1S/C27H40N2S/c1-3-13-25(2)20-14-26(19-7-5-4-6-8-19)15-21(25)17-27(16-20,18-26)24(30)29-23-11-9-22(28)10-12-23/h4-8,20-23H,3,9-18,28H2,1-2H3,(H,29,30)/t20?,21?,22-,23-,25?,26?,27?. The number of hydrogen-bond donors (Lipinski definition) is 2. The zero-order valence-electron chi connectivity index (χ0n) is 19.0. The highest BCUT2D eigenvalue weighted by Gasteiger charge is 2.66. The van der Waals surface area contributed by atoms with Crippen molar-refractivity contribution in [2.24, 2.45) is 28.4 Å². The Bertz CT molecular complexity index is 763. The second kappa shape index (κ2) is 7.59. The molecule has 5 aliphatic carbocycles. The SMILES string of the molecule is CCCC1(C)C2CC3(C(=S)N[C@H]4CC[C@H](N)CC4)CC1CC(c1ccccc1)(C2)C3. The lowest BCUT2D eigenvalue weighted by Crippen LogP contribution is -2.65. The average Bonchev–Trinajstić information content (AvgIpc) is 2.74. The maximum absolute atomic E-state index is 6.25. The predicted octanol–water partition coefficient (Wildman–Crippen LogP) is 6.13. The molecule has 0 amide bonds. The van der Waals surface area contributed by atoms with Crippen molar-refractivity contribution in [2.45, 2.75) is 102 Å². The van der Waals surface area contributed by atoms with Crippen LogP contribution in [0.1, 0.15) is 90.0 Å². The van der Waals surface area contributed by atoms with E-state index in [-0.39, 0.29) is 5.41 Å². The molecule has 2 nitrogen and oxygen atoms in total. The fraction of sp³-hybridized carbons (Fsp3) is 0.741. The molecule has 0 saturated heterocycles. The molecule has 0 spiro atoms. The predicted molar refractivity (Wildman–Crippen MR) is 130 cm³/mol. The summed E-state index contributed by atoms with van der Waals surface area (Å²) in [5.74, 6) is 1.61. The van der Waals surface area contributed by atoms with E-state index in [1.807, 2.05) is 0 Å². The molecule has 0 radical (unpaired) electrons. The lowest BCUT2D eigenvalue weighted by Gasteiger charge is -2.69. The summed E-state index contributed by atoms with van der Waals surface area (Å²) in [4.78, 5) is 1.20. The lowest BCUT2D eigenvalue weighted by molar-refractivity contribution is -0.137. The molecular weight excluding hydrogens is 384 g/mol. The van der Waals surface area contributed by atoms with Gasteiger partial charge in [-0.2, -0.15) is 0 Å². The summed E-state index contributed by atoms with van der Waals surface area (Å²) in [6, 6.07) is 12.4. The number of rotatable bonds is 5. The number of thiocarbonyl (C=S) groups is 1. The van der Waals surface area contributed by atoms with Gasteiger partial charge in [0.25, 0.3) is 0 Å². The van der Waals surface area contributed by atoms with Crippen LogP contribution in [0, 0.1) is 22.7 Å². The van der Waals surface area contributed by atoms with Crippen LogP contribution in [0.15, 0.2) is 30.3 Å². The first-order chi connectivity index (χ1) is 14.4. The molecule has 2 atom stereocenters. The third-order valence-corrected chi connectivity index (χ3v) is 10.4. The second-order valence-electron chi connectivity index (χ2n) is 11.7. The van der Waals surface area contributed by atoms with Gasteiger partial charge >= 0.3 is 0 Å². The van der Waals surface area contributed by atoms with E-state index < -0.39 is 0 Å². The van der Waals surface area contributed by atoms with Gasteiger partial charge in [0.1, 0.15) is 0 Å². The Hall–Kier alpha value is -0.930. The first kappa shape index (κ1) is 20.9. The molecule has 0 aromatic heterocycles. The number of nitrogens with one attached hydrogen (secondary N) is 1. The first-order valence-electron chi connectivity index (χ1n) is 12.5. The fourth-order valence-corrected chi connectivity index (χ4v) is 8.75. The zero-order chi connectivity index (χ0) is 21.0. The average molecular weight is 425 g/mol. The minimum absolute atomic E-state index is 0.212. The topological polar surface area (TPSA) is 38.0 Å². The van der Waals surface area contributed by atoms with Crippen molar-refractivity contribution in [1.82, 2.24) is 5.32 Å². The van der Waals surface area contributed by atoms with Gasteiger partial charge in [-0.05, 0) is 92.4 Å². The highest BCUT2D eigenvalue weighted by Crippen LogP contribution is 2.72. The quantitative estimate of drug-likeness (QED) is 0.559.